The van der Waals surface area contributed by atoms with E-state index >= 15 is 0 Å². The molecule has 0 amide bonds. The third-order valence-corrected chi connectivity index (χ3v) is 4.53. The van der Waals surface area contributed by atoms with Gasteiger partial charge in [0, 0.05) is 12.2 Å². The minimum absolute atomic E-state index is 0.327. The Morgan fingerprint density at radius 3 is 1.57 bits per heavy atom. The van der Waals surface area contributed by atoms with Crippen molar-refractivity contribution in [1.29, 1.82) is 0 Å². The molecule has 4 heteroatoms. The number of carbonyl (C=O) groups excluding carboxylic acids is 2. The van der Waals surface area contributed by atoms with Crippen LogP contribution in [0.4, 0.5) is 0 Å². The summed E-state index contributed by atoms with van der Waals surface area (Å²) in [6.07, 6.45) is 23.2. The zero-order valence-corrected chi connectivity index (χ0v) is 18.3. The van der Waals surface area contributed by atoms with Crippen molar-refractivity contribution in [1.82, 2.24) is 0 Å². The van der Waals surface area contributed by atoms with Gasteiger partial charge in [0.1, 0.15) is 0 Å². The monoisotopic (exact) mass is 394 g/mol. The third kappa shape index (κ3) is 20.7. The zero-order valence-electron chi connectivity index (χ0n) is 18.3. The molecule has 0 aliphatic heterocycles. The molecule has 0 fully saturated rings. The van der Waals surface area contributed by atoms with Crippen LogP contribution in [-0.2, 0) is 19.1 Å². The van der Waals surface area contributed by atoms with E-state index in [-0.39, 0.29) is 0 Å². The van der Waals surface area contributed by atoms with Crippen LogP contribution in [0.1, 0.15) is 104 Å². The molecule has 0 aromatic carbocycles. The van der Waals surface area contributed by atoms with Gasteiger partial charge in [-0.05, 0) is 19.3 Å². The summed E-state index contributed by atoms with van der Waals surface area (Å²) in [5.74, 6) is -0.988. The minimum atomic E-state index is -0.507. The normalized spacial score (nSPS) is 11.4. The van der Waals surface area contributed by atoms with Crippen molar-refractivity contribution in [2.45, 2.75) is 104 Å². The van der Waals surface area contributed by atoms with E-state index in [4.69, 9.17) is 9.47 Å². The van der Waals surface area contributed by atoms with E-state index in [0.717, 1.165) is 31.4 Å². The minimum Gasteiger partial charge on any atom is -0.463 e. The van der Waals surface area contributed by atoms with Crippen LogP contribution in [-0.4, -0.2) is 25.2 Å². The SMILES string of the molecule is CC/C=C/CCOC(=O)/C=C/C(=O)OCCCCCCCCCCCCCC. The van der Waals surface area contributed by atoms with Gasteiger partial charge in [-0.1, -0.05) is 96.6 Å². The van der Waals surface area contributed by atoms with Crippen molar-refractivity contribution in [3.63, 3.8) is 0 Å². The van der Waals surface area contributed by atoms with E-state index in [2.05, 4.69) is 6.92 Å². The highest BCUT2D eigenvalue weighted by atomic mass is 16.5. The van der Waals surface area contributed by atoms with Gasteiger partial charge in [0.25, 0.3) is 0 Å². The molecular formula is C24H42O4. The fourth-order valence-electron chi connectivity index (χ4n) is 2.86. The van der Waals surface area contributed by atoms with Crippen LogP contribution in [0.15, 0.2) is 24.3 Å². The van der Waals surface area contributed by atoms with E-state index in [9.17, 15) is 9.59 Å². The summed E-state index contributed by atoms with van der Waals surface area (Å²) in [4.78, 5) is 23.0. The van der Waals surface area contributed by atoms with Gasteiger partial charge >= 0.3 is 11.9 Å². The average Bonchev–Trinajstić information content (AvgIpc) is 2.69. The number of hydrogen-bond donors (Lipinski definition) is 0. The summed E-state index contributed by atoms with van der Waals surface area (Å²) in [5.41, 5.74) is 0. The summed E-state index contributed by atoms with van der Waals surface area (Å²) in [5, 5.41) is 0. The Kier molecular flexibility index (Phi) is 20.5. The van der Waals surface area contributed by atoms with E-state index in [0.29, 0.717) is 19.6 Å². The summed E-state index contributed by atoms with van der Waals surface area (Å²) in [6.45, 7) is 5.04. The number of carbonyl (C=O) groups is 2. The molecule has 0 radical (unpaired) electrons. The molecule has 0 bridgehead atoms. The molecule has 0 saturated carbocycles. The third-order valence-electron chi connectivity index (χ3n) is 4.53. The number of allylic oxidation sites excluding steroid dienone is 1. The van der Waals surface area contributed by atoms with Gasteiger partial charge < -0.3 is 9.47 Å². The fraction of sp³-hybridized carbons (Fsp3) is 0.750. The smallest absolute Gasteiger partial charge is 0.331 e. The second kappa shape index (κ2) is 21.7. The quantitative estimate of drug-likeness (QED) is 0.106. The molecule has 0 aliphatic rings. The Morgan fingerprint density at radius 1 is 0.607 bits per heavy atom. The highest BCUT2D eigenvalue weighted by molar-refractivity contribution is 5.91. The van der Waals surface area contributed by atoms with Crippen molar-refractivity contribution in [3.8, 4) is 0 Å². The molecule has 4 nitrogen and oxygen atoms in total. The number of unbranched alkanes of at least 4 members (excludes halogenated alkanes) is 11. The van der Waals surface area contributed by atoms with Crippen LogP contribution in [0.25, 0.3) is 0 Å². The largest absolute Gasteiger partial charge is 0.463 e. The number of hydrogen-bond acceptors (Lipinski definition) is 4. The van der Waals surface area contributed by atoms with Crippen molar-refractivity contribution < 1.29 is 19.1 Å². The Balaban J connectivity index is 3.40. The van der Waals surface area contributed by atoms with E-state index in [1.54, 1.807) is 0 Å². The lowest BCUT2D eigenvalue weighted by Gasteiger charge is -2.03. The van der Waals surface area contributed by atoms with Crippen LogP contribution in [0.2, 0.25) is 0 Å². The second-order valence-corrected chi connectivity index (χ2v) is 7.23. The lowest BCUT2D eigenvalue weighted by Crippen LogP contribution is -2.06. The standard InChI is InChI=1S/C24H42O4/c1-3-5-7-9-10-11-12-13-14-15-16-18-22-28-24(26)20-19-23(25)27-21-17-8-6-4-2/h6,8,19-20H,3-5,7,9-18,21-22H2,1-2H3/b8-6+,20-19+. The van der Waals surface area contributed by atoms with Gasteiger partial charge in [-0.2, -0.15) is 0 Å². The molecule has 0 saturated heterocycles. The lowest BCUT2D eigenvalue weighted by atomic mass is 10.1. The Morgan fingerprint density at radius 2 is 1.07 bits per heavy atom. The second-order valence-electron chi connectivity index (χ2n) is 7.23. The maximum Gasteiger partial charge on any atom is 0.331 e. The Bertz CT molecular complexity index is 426. The van der Waals surface area contributed by atoms with Gasteiger partial charge in [-0.3, -0.25) is 0 Å². The molecule has 0 spiro atoms. The molecule has 0 heterocycles. The maximum atomic E-state index is 11.5. The first-order valence-electron chi connectivity index (χ1n) is 11.4. The lowest BCUT2D eigenvalue weighted by molar-refractivity contribution is -0.140. The highest BCUT2D eigenvalue weighted by Crippen LogP contribution is 2.11. The predicted molar refractivity (Wildman–Crippen MR) is 116 cm³/mol. The highest BCUT2D eigenvalue weighted by Gasteiger charge is 2.01. The van der Waals surface area contributed by atoms with Crippen LogP contribution in [0.5, 0.6) is 0 Å². The topological polar surface area (TPSA) is 52.6 Å². The average molecular weight is 395 g/mol. The van der Waals surface area contributed by atoms with Gasteiger partial charge in [0.15, 0.2) is 0 Å². The molecule has 0 atom stereocenters. The first-order valence-corrected chi connectivity index (χ1v) is 11.4. The molecule has 0 unspecified atom stereocenters. The van der Waals surface area contributed by atoms with Crippen molar-refractivity contribution in [2.75, 3.05) is 13.2 Å². The molecule has 0 N–H and O–H groups in total. The Hall–Kier alpha value is -1.58. The van der Waals surface area contributed by atoms with E-state index in [1.807, 2.05) is 19.1 Å². The van der Waals surface area contributed by atoms with Gasteiger partial charge in [-0.15, -0.1) is 0 Å². The maximum absolute atomic E-state index is 11.5. The fourth-order valence-corrected chi connectivity index (χ4v) is 2.86. The molecule has 0 aromatic rings. The molecule has 162 valence electrons. The number of rotatable bonds is 19. The van der Waals surface area contributed by atoms with Crippen molar-refractivity contribution in [3.05, 3.63) is 24.3 Å². The van der Waals surface area contributed by atoms with Crippen LogP contribution >= 0.6 is 0 Å². The first kappa shape index (κ1) is 26.4. The molecule has 0 aliphatic carbocycles. The summed E-state index contributed by atoms with van der Waals surface area (Å²) < 4.78 is 10.1. The Labute approximate surface area is 172 Å². The molecule has 28 heavy (non-hydrogen) atoms. The van der Waals surface area contributed by atoms with Gasteiger partial charge in [0.05, 0.1) is 13.2 Å². The first-order chi connectivity index (χ1) is 13.7. The zero-order chi connectivity index (χ0) is 20.7. The molecular weight excluding hydrogens is 352 g/mol. The van der Waals surface area contributed by atoms with Crippen molar-refractivity contribution >= 4 is 11.9 Å². The molecule has 0 rings (SSSR count). The summed E-state index contributed by atoms with van der Waals surface area (Å²) in [7, 11) is 0. The number of ether oxygens (including phenoxy) is 2. The van der Waals surface area contributed by atoms with E-state index in [1.165, 1.54) is 64.2 Å². The van der Waals surface area contributed by atoms with Gasteiger partial charge in [0.2, 0.25) is 0 Å². The van der Waals surface area contributed by atoms with Crippen molar-refractivity contribution in [2.24, 2.45) is 0 Å². The van der Waals surface area contributed by atoms with Gasteiger partial charge in [-0.25, -0.2) is 9.59 Å². The predicted octanol–water partition coefficient (Wildman–Crippen LogP) is 6.69. The summed E-state index contributed by atoms with van der Waals surface area (Å²) in [6, 6.07) is 0. The van der Waals surface area contributed by atoms with Crippen LogP contribution in [0, 0.1) is 0 Å². The van der Waals surface area contributed by atoms with E-state index < -0.39 is 11.9 Å². The molecule has 0 aromatic heterocycles. The summed E-state index contributed by atoms with van der Waals surface area (Å²) >= 11 is 0. The van der Waals surface area contributed by atoms with Crippen LogP contribution in [0.3, 0.4) is 0 Å². The number of esters is 2. The van der Waals surface area contributed by atoms with Crippen LogP contribution < -0.4 is 0 Å².